The first-order valence-corrected chi connectivity index (χ1v) is 7.35. The number of rotatable bonds is 4. The highest BCUT2D eigenvalue weighted by Crippen LogP contribution is 2.19. The van der Waals surface area contributed by atoms with Gasteiger partial charge in [0, 0.05) is 24.5 Å². The maximum atomic E-state index is 13.0. The lowest BCUT2D eigenvalue weighted by molar-refractivity contribution is 0.0950. The molecule has 2 aromatic carbocycles. The first-order chi connectivity index (χ1) is 11.6. The lowest BCUT2D eigenvalue weighted by Crippen LogP contribution is -2.22. The Bertz CT molecular complexity index is 846. The van der Waals surface area contributed by atoms with Crippen LogP contribution in [-0.2, 0) is 6.54 Å². The van der Waals surface area contributed by atoms with E-state index >= 15 is 0 Å². The number of nitrogens with zero attached hydrogens (tertiary/aromatic N) is 1. The van der Waals surface area contributed by atoms with Crippen molar-refractivity contribution in [2.24, 2.45) is 0 Å². The van der Waals surface area contributed by atoms with Gasteiger partial charge < -0.3 is 5.32 Å². The number of hydrogen-bond donors (Lipinski definition) is 1. The van der Waals surface area contributed by atoms with Crippen molar-refractivity contribution in [1.29, 1.82) is 0 Å². The zero-order chi connectivity index (χ0) is 16.9. The van der Waals surface area contributed by atoms with Crippen LogP contribution >= 0.6 is 0 Å². The highest BCUT2D eigenvalue weighted by molar-refractivity contribution is 5.95. The van der Waals surface area contributed by atoms with Crippen LogP contribution in [0.1, 0.15) is 23.3 Å². The summed E-state index contributed by atoms with van der Waals surface area (Å²) < 4.78 is 25.9. The third-order valence-electron chi connectivity index (χ3n) is 3.54. The Morgan fingerprint density at radius 2 is 1.48 bits per heavy atom. The van der Waals surface area contributed by atoms with Gasteiger partial charge in [0.1, 0.15) is 11.6 Å². The fourth-order valence-electron chi connectivity index (χ4n) is 2.25. The minimum atomic E-state index is -0.320. The van der Waals surface area contributed by atoms with Gasteiger partial charge in [-0.15, -0.1) is 0 Å². The second kappa shape index (κ2) is 8.15. The van der Waals surface area contributed by atoms with E-state index in [0.717, 1.165) is 16.7 Å². The van der Waals surface area contributed by atoms with Crippen molar-refractivity contribution in [2.75, 3.05) is 0 Å². The van der Waals surface area contributed by atoms with E-state index in [1.54, 1.807) is 36.5 Å². The molecule has 0 bridgehead atoms. The van der Waals surface area contributed by atoms with Crippen LogP contribution in [0.4, 0.5) is 8.78 Å². The number of hydrogen-bond acceptors (Lipinski definition) is 2. The van der Waals surface area contributed by atoms with E-state index in [0.29, 0.717) is 12.1 Å². The van der Waals surface area contributed by atoms with Crippen LogP contribution in [0.3, 0.4) is 0 Å². The van der Waals surface area contributed by atoms with Gasteiger partial charge in [-0.3, -0.25) is 9.78 Å². The van der Waals surface area contributed by atoms with E-state index < -0.39 is 0 Å². The molecule has 0 unspecified atom stereocenters. The van der Waals surface area contributed by atoms with Gasteiger partial charge in [0.2, 0.25) is 0 Å². The molecule has 1 aromatic heterocycles. The summed E-state index contributed by atoms with van der Waals surface area (Å²) in [7, 11) is 0. The maximum Gasteiger partial charge on any atom is 0.253 e. The quantitative estimate of drug-likeness (QED) is 0.754. The van der Waals surface area contributed by atoms with E-state index in [1.165, 1.54) is 30.5 Å². The molecular formula is C20H18F2N2O. The molecule has 0 saturated heterocycles. The van der Waals surface area contributed by atoms with Gasteiger partial charge in [-0.1, -0.05) is 31.7 Å². The number of halogens is 2. The Balaban J connectivity index is 0.00000225. The molecule has 0 saturated carbocycles. The first kappa shape index (κ1) is 18.3. The van der Waals surface area contributed by atoms with Gasteiger partial charge in [-0.2, -0.15) is 0 Å². The highest BCUT2D eigenvalue weighted by atomic mass is 19.1. The average Bonchev–Trinajstić information content (AvgIpc) is 2.62. The lowest BCUT2D eigenvalue weighted by Gasteiger charge is -2.07. The Hall–Kier alpha value is -3.08. The van der Waals surface area contributed by atoms with Crippen molar-refractivity contribution < 1.29 is 13.6 Å². The zero-order valence-electron chi connectivity index (χ0n) is 12.7. The minimum absolute atomic E-state index is 0. The second-order valence-corrected chi connectivity index (χ2v) is 5.28. The van der Waals surface area contributed by atoms with Crippen molar-refractivity contribution in [3.05, 3.63) is 89.8 Å². The van der Waals surface area contributed by atoms with E-state index in [1.807, 2.05) is 0 Å². The molecule has 128 valence electrons. The summed E-state index contributed by atoms with van der Waals surface area (Å²) in [5.74, 6) is -0.919. The normalized spacial score (nSPS) is 10.0. The summed E-state index contributed by atoms with van der Waals surface area (Å²) in [6, 6.07) is 13.6. The fourth-order valence-corrected chi connectivity index (χ4v) is 2.25. The molecule has 5 heteroatoms. The van der Waals surface area contributed by atoms with E-state index in [-0.39, 0.29) is 25.0 Å². The molecule has 0 aliphatic heterocycles. The molecule has 3 nitrogen and oxygen atoms in total. The van der Waals surface area contributed by atoms with Crippen molar-refractivity contribution in [2.45, 2.75) is 14.0 Å². The summed E-state index contributed by atoms with van der Waals surface area (Å²) in [6.45, 7) is 0.292. The molecule has 0 radical (unpaired) electrons. The predicted octanol–water partition coefficient (Wildman–Crippen LogP) is 4.59. The second-order valence-electron chi connectivity index (χ2n) is 5.28. The fraction of sp³-hybridized carbons (Fsp3) is 0.100. The number of amides is 1. The van der Waals surface area contributed by atoms with Gasteiger partial charge in [0.15, 0.2) is 0 Å². The predicted molar refractivity (Wildman–Crippen MR) is 93.9 cm³/mol. The Labute approximate surface area is 145 Å². The lowest BCUT2D eigenvalue weighted by atomic mass is 10.1. The molecule has 1 heterocycles. The molecule has 0 spiro atoms. The highest BCUT2D eigenvalue weighted by Gasteiger charge is 2.08. The molecule has 0 aliphatic rings. The zero-order valence-corrected chi connectivity index (χ0v) is 12.7. The number of nitrogens with one attached hydrogen (secondary N) is 1. The van der Waals surface area contributed by atoms with Crippen LogP contribution in [0.25, 0.3) is 11.1 Å². The first-order valence-electron chi connectivity index (χ1n) is 7.35. The largest absolute Gasteiger partial charge is 0.348 e. The van der Waals surface area contributed by atoms with Gasteiger partial charge >= 0.3 is 0 Å². The van der Waals surface area contributed by atoms with Crippen LogP contribution in [0, 0.1) is 11.6 Å². The molecule has 0 atom stereocenters. The SMILES string of the molecule is C.O=C(NCc1ccc(F)cc1)c1cncc(-c2ccc(F)cc2)c1. The van der Waals surface area contributed by atoms with Crippen LogP contribution in [0.2, 0.25) is 0 Å². The Morgan fingerprint density at radius 1 is 0.880 bits per heavy atom. The molecule has 3 rings (SSSR count). The van der Waals surface area contributed by atoms with Gasteiger partial charge in [0.25, 0.3) is 5.91 Å². The molecule has 0 aliphatic carbocycles. The number of carbonyl (C=O) groups is 1. The molecule has 25 heavy (non-hydrogen) atoms. The van der Waals surface area contributed by atoms with Crippen LogP contribution < -0.4 is 5.32 Å². The number of pyridine rings is 1. The van der Waals surface area contributed by atoms with Crippen LogP contribution in [0.15, 0.2) is 67.0 Å². The van der Waals surface area contributed by atoms with Crippen molar-refractivity contribution >= 4 is 5.91 Å². The molecule has 1 amide bonds. The van der Waals surface area contributed by atoms with Crippen LogP contribution in [0.5, 0.6) is 0 Å². The summed E-state index contributed by atoms with van der Waals surface area (Å²) in [5, 5.41) is 2.76. The summed E-state index contributed by atoms with van der Waals surface area (Å²) in [4.78, 5) is 16.3. The van der Waals surface area contributed by atoms with E-state index in [2.05, 4.69) is 10.3 Å². The van der Waals surface area contributed by atoms with Gasteiger partial charge in [-0.25, -0.2) is 8.78 Å². The molecule has 1 N–H and O–H groups in total. The van der Waals surface area contributed by atoms with Crippen molar-refractivity contribution in [1.82, 2.24) is 10.3 Å². The number of aromatic nitrogens is 1. The number of carbonyl (C=O) groups excluding carboxylic acids is 1. The average molecular weight is 340 g/mol. The topological polar surface area (TPSA) is 42.0 Å². The van der Waals surface area contributed by atoms with Crippen molar-refractivity contribution in [3.63, 3.8) is 0 Å². The summed E-state index contributed by atoms with van der Waals surface area (Å²) in [6.07, 6.45) is 3.08. The Kier molecular flexibility index (Phi) is 5.95. The molecular weight excluding hydrogens is 322 g/mol. The van der Waals surface area contributed by atoms with E-state index in [4.69, 9.17) is 0 Å². The Morgan fingerprint density at radius 3 is 2.12 bits per heavy atom. The summed E-state index contributed by atoms with van der Waals surface area (Å²) in [5.41, 5.74) is 2.70. The van der Waals surface area contributed by atoms with Crippen LogP contribution in [-0.4, -0.2) is 10.9 Å². The number of benzene rings is 2. The van der Waals surface area contributed by atoms with Gasteiger partial charge in [0.05, 0.1) is 5.56 Å². The monoisotopic (exact) mass is 340 g/mol. The molecule has 0 fully saturated rings. The maximum absolute atomic E-state index is 13.0. The third kappa shape index (κ3) is 4.70. The molecule has 3 aromatic rings. The van der Waals surface area contributed by atoms with E-state index in [9.17, 15) is 13.6 Å². The summed E-state index contributed by atoms with van der Waals surface area (Å²) >= 11 is 0. The minimum Gasteiger partial charge on any atom is -0.348 e. The van der Waals surface area contributed by atoms with Crippen molar-refractivity contribution in [3.8, 4) is 11.1 Å². The standard InChI is InChI=1S/C19H14F2N2O.CH4/c20-17-5-1-13(2-6-17)10-23-19(24)16-9-15(11-22-12-16)14-3-7-18(21)8-4-14;/h1-9,11-12H,10H2,(H,23,24);1H4. The smallest absolute Gasteiger partial charge is 0.253 e. The van der Waals surface area contributed by atoms with Gasteiger partial charge in [-0.05, 0) is 41.5 Å². The third-order valence-corrected chi connectivity index (χ3v) is 3.54.